The van der Waals surface area contributed by atoms with E-state index in [1.165, 1.54) is 0 Å². The van der Waals surface area contributed by atoms with Crippen molar-refractivity contribution < 1.29 is 19.4 Å². The lowest BCUT2D eigenvalue weighted by Crippen LogP contribution is -2.08. The molecule has 0 amide bonds. The summed E-state index contributed by atoms with van der Waals surface area (Å²) in [7, 11) is 1.86. The number of allylic oxidation sites excluding steroid dienone is 2. The number of Topliss-reactive ketones (excluding diaryl/α,β-unsaturated/α-hetero) is 1. The highest BCUT2D eigenvalue weighted by molar-refractivity contribution is 6.03. The van der Waals surface area contributed by atoms with Crippen LogP contribution in [0.4, 0.5) is 0 Å². The maximum Gasteiger partial charge on any atom is 0.342 e. The normalized spacial score (nSPS) is 16.4. The number of nitrogens with zero attached hydrogens (tertiary/aromatic N) is 2. The number of phenols is 1. The van der Waals surface area contributed by atoms with Gasteiger partial charge in [-0.2, -0.15) is 0 Å². The van der Waals surface area contributed by atoms with Crippen LogP contribution in [0.2, 0.25) is 0 Å². The van der Waals surface area contributed by atoms with Gasteiger partial charge in [0.05, 0.1) is 11.0 Å². The summed E-state index contributed by atoms with van der Waals surface area (Å²) in [6.45, 7) is 1.92. The van der Waals surface area contributed by atoms with Crippen molar-refractivity contribution in [3.63, 3.8) is 0 Å². The maximum absolute atomic E-state index is 12.5. The number of rotatable bonds is 0. The van der Waals surface area contributed by atoms with Crippen LogP contribution < -0.4 is 0 Å². The molecule has 1 aromatic heterocycles. The van der Waals surface area contributed by atoms with Crippen LogP contribution in [-0.2, 0) is 16.6 Å². The number of phenolic OH excluding ortho intramolecular Hbond substituents is 1. The van der Waals surface area contributed by atoms with E-state index >= 15 is 0 Å². The summed E-state index contributed by atoms with van der Waals surface area (Å²) in [5.41, 5.74) is 2.05. The van der Waals surface area contributed by atoms with Gasteiger partial charge in [0, 0.05) is 31.5 Å². The fraction of sp³-hybridized carbons (Fsp3) is 0.350. The molecule has 1 N–H and O–H groups in total. The van der Waals surface area contributed by atoms with Gasteiger partial charge >= 0.3 is 5.97 Å². The van der Waals surface area contributed by atoms with Crippen LogP contribution in [0.25, 0.3) is 17.1 Å². The topological polar surface area (TPSA) is 81.4 Å². The summed E-state index contributed by atoms with van der Waals surface area (Å²) in [5.74, 6) is 0.207. The van der Waals surface area contributed by atoms with Gasteiger partial charge in [-0.05, 0) is 19.8 Å². The number of aryl methyl sites for hydroxylation is 2. The van der Waals surface area contributed by atoms with Crippen LogP contribution in [0.5, 0.6) is 5.75 Å². The number of benzene rings is 1. The van der Waals surface area contributed by atoms with Crippen molar-refractivity contribution in [2.24, 2.45) is 7.05 Å². The van der Waals surface area contributed by atoms with Gasteiger partial charge in [0.1, 0.15) is 29.5 Å². The quantitative estimate of drug-likeness (QED) is 0.579. The molecule has 1 aromatic carbocycles. The van der Waals surface area contributed by atoms with Gasteiger partial charge < -0.3 is 14.4 Å². The summed E-state index contributed by atoms with van der Waals surface area (Å²) in [4.78, 5) is 28.8. The summed E-state index contributed by atoms with van der Waals surface area (Å²) in [6, 6.07) is 1.54. The number of aromatic nitrogens is 2. The molecule has 0 radical (unpaired) electrons. The zero-order valence-corrected chi connectivity index (χ0v) is 15.0. The molecule has 0 unspecified atom stereocenters. The van der Waals surface area contributed by atoms with Crippen LogP contribution in [-0.4, -0.2) is 33.0 Å². The molecule has 6 nitrogen and oxygen atoms in total. The Balaban J connectivity index is 2.11. The largest absolute Gasteiger partial charge is 0.507 e. The van der Waals surface area contributed by atoms with E-state index in [-0.39, 0.29) is 23.7 Å². The number of hydrogen-bond acceptors (Lipinski definition) is 5. The molecule has 0 atom stereocenters. The smallest absolute Gasteiger partial charge is 0.342 e. The fourth-order valence-electron chi connectivity index (χ4n) is 3.02. The number of carbonyl (C=O) groups excluding carboxylic acids is 2. The number of ether oxygens (including phenoxy) is 1. The lowest BCUT2D eigenvalue weighted by atomic mass is 10.0. The highest BCUT2D eigenvalue weighted by Gasteiger charge is 2.22. The lowest BCUT2D eigenvalue weighted by Gasteiger charge is -2.10. The molecule has 1 aliphatic rings. The van der Waals surface area contributed by atoms with E-state index < -0.39 is 5.97 Å². The molecule has 6 heteroatoms. The number of hydrogen-bond donors (Lipinski definition) is 1. The Morgan fingerprint density at radius 2 is 2.04 bits per heavy atom. The Hall–Kier alpha value is -2.89. The fourth-order valence-corrected chi connectivity index (χ4v) is 3.02. The second kappa shape index (κ2) is 7.56. The molecule has 2 aromatic rings. The zero-order valence-electron chi connectivity index (χ0n) is 15.0. The summed E-state index contributed by atoms with van der Waals surface area (Å²) < 4.78 is 7.11. The van der Waals surface area contributed by atoms with Crippen molar-refractivity contribution in [3.05, 3.63) is 41.2 Å². The van der Waals surface area contributed by atoms with Crippen LogP contribution in [0.15, 0.2) is 24.3 Å². The molecule has 0 aliphatic carbocycles. The second-order valence-electron chi connectivity index (χ2n) is 6.38. The van der Waals surface area contributed by atoms with Gasteiger partial charge in [-0.3, -0.25) is 4.79 Å². The number of cyclic esters (lactones) is 1. The van der Waals surface area contributed by atoms with E-state index in [4.69, 9.17) is 4.74 Å². The Labute approximate surface area is 151 Å². The third kappa shape index (κ3) is 3.54. The van der Waals surface area contributed by atoms with E-state index in [0.29, 0.717) is 30.3 Å². The van der Waals surface area contributed by atoms with E-state index in [1.807, 2.05) is 24.6 Å². The minimum atomic E-state index is -0.611. The van der Waals surface area contributed by atoms with Gasteiger partial charge in [0.2, 0.25) is 0 Å². The molecule has 0 saturated heterocycles. The van der Waals surface area contributed by atoms with Crippen LogP contribution >= 0.6 is 0 Å². The number of esters is 1. The molecule has 136 valence electrons. The van der Waals surface area contributed by atoms with Gasteiger partial charge in [-0.15, -0.1) is 0 Å². The van der Waals surface area contributed by atoms with Crippen molar-refractivity contribution in [2.75, 3.05) is 6.61 Å². The van der Waals surface area contributed by atoms with Crippen LogP contribution in [0.1, 0.15) is 47.4 Å². The zero-order chi connectivity index (χ0) is 18.7. The molecule has 2 heterocycles. The van der Waals surface area contributed by atoms with E-state index in [9.17, 15) is 14.7 Å². The molecule has 0 bridgehead atoms. The van der Waals surface area contributed by atoms with Crippen LogP contribution in [0, 0.1) is 6.92 Å². The first-order valence-electron chi connectivity index (χ1n) is 8.68. The molecule has 0 spiro atoms. The molecule has 26 heavy (non-hydrogen) atoms. The van der Waals surface area contributed by atoms with Gasteiger partial charge in [-0.1, -0.05) is 24.3 Å². The highest BCUT2D eigenvalue weighted by atomic mass is 16.5. The number of carbonyl (C=O) groups is 2. The number of ketones is 1. The predicted molar refractivity (Wildman–Crippen MR) is 99.0 cm³/mol. The number of imidazole rings is 1. The van der Waals surface area contributed by atoms with Gasteiger partial charge in [-0.25, -0.2) is 9.78 Å². The molecular formula is C20H22N2O4. The SMILES string of the molecule is Cc1nc2c3c(c(O)cc2n1C)C(=O)OCC=CCC(=O)CCCC=C3. The van der Waals surface area contributed by atoms with E-state index in [1.54, 1.807) is 24.3 Å². The Bertz CT molecular complexity index is 922. The Morgan fingerprint density at radius 3 is 2.85 bits per heavy atom. The molecule has 1 aliphatic heterocycles. The first-order chi connectivity index (χ1) is 12.5. The Kier molecular flexibility index (Phi) is 5.21. The third-order valence-electron chi connectivity index (χ3n) is 4.55. The maximum atomic E-state index is 12.5. The molecule has 0 saturated carbocycles. The summed E-state index contributed by atoms with van der Waals surface area (Å²) >= 11 is 0. The average Bonchev–Trinajstić information content (AvgIpc) is 2.88. The van der Waals surface area contributed by atoms with Crippen molar-refractivity contribution in [2.45, 2.75) is 32.6 Å². The lowest BCUT2D eigenvalue weighted by molar-refractivity contribution is -0.118. The van der Waals surface area contributed by atoms with Crippen molar-refractivity contribution >= 4 is 28.9 Å². The van der Waals surface area contributed by atoms with Crippen molar-refractivity contribution in [1.29, 1.82) is 0 Å². The van der Waals surface area contributed by atoms with Gasteiger partial charge in [0.25, 0.3) is 0 Å². The first kappa shape index (κ1) is 17.9. The molecular weight excluding hydrogens is 332 g/mol. The summed E-state index contributed by atoms with van der Waals surface area (Å²) in [6.07, 6.45) is 9.36. The second-order valence-corrected chi connectivity index (χ2v) is 6.38. The highest BCUT2D eigenvalue weighted by Crippen LogP contribution is 2.32. The van der Waals surface area contributed by atoms with Crippen LogP contribution in [0.3, 0.4) is 0 Å². The van der Waals surface area contributed by atoms with Crippen molar-refractivity contribution in [3.8, 4) is 5.75 Å². The van der Waals surface area contributed by atoms with Gasteiger partial charge in [0.15, 0.2) is 0 Å². The third-order valence-corrected chi connectivity index (χ3v) is 4.55. The average molecular weight is 354 g/mol. The predicted octanol–water partition coefficient (Wildman–Crippen LogP) is 3.46. The first-order valence-corrected chi connectivity index (χ1v) is 8.68. The Morgan fingerprint density at radius 1 is 1.23 bits per heavy atom. The number of fused-ring (bicyclic) bond motifs is 3. The minimum absolute atomic E-state index is 0.0496. The monoisotopic (exact) mass is 354 g/mol. The van der Waals surface area contributed by atoms with E-state index in [2.05, 4.69) is 4.98 Å². The minimum Gasteiger partial charge on any atom is -0.507 e. The number of aromatic hydroxyl groups is 1. The van der Waals surface area contributed by atoms with E-state index in [0.717, 1.165) is 17.8 Å². The molecule has 3 rings (SSSR count). The summed E-state index contributed by atoms with van der Waals surface area (Å²) in [5, 5.41) is 10.5. The van der Waals surface area contributed by atoms with Crippen molar-refractivity contribution in [1.82, 2.24) is 9.55 Å². The standard InChI is InChI=1S/C20H22N2O4/c1-13-21-19-15-10-5-3-4-8-14(23)9-6-7-11-26-20(25)18(15)17(24)12-16(19)22(13)2/h5-7,10,12,24H,3-4,8-9,11H2,1-2H3. The molecule has 0 fully saturated rings.